The number of aryl methyl sites for hydroxylation is 1. The molecule has 0 spiro atoms. The molecule has 122 valence electrons. The molecule has 5 heteroatoms. The number of aromatic nitrogens is 1. The van der Waals surface area contributed by atoms with Crippen LogP contribution in [-0.2, 0) is 11.3 Å². The summed E-state index contributed by atoms with van der Waals surface area (Å²) in [5.74, 6) is 0.725. The van der Waals surface area contributed by atoms with Crippen LogP contribution in [0, 0.1) is 18.3 Å². The van der Waals surface area contributed by atoms with Crippen LogP contribution in [0.1, 0.15) is 29.8 Å². The van der Waals surface area contributed by atoms with Crippen LogP contribution in [0.15, 0.2) is 5.51 Å². The van der Waals surface area contributed by atoms with Crippen LogP contribution in [0.25, 0.3) is 0 Å². The second kappa shape index (κ2) is 6.19. The summed E-state index contributed by atoms with van der Waals surface area (Å²) < 4.78 is 5.90. The van der Waals surface area contributed by atoms with Crippen molar-refractivity contribution < 1.29 is 4.74 Å². The predicted molar refractivity (Wildman–Crippen MR) is 89.2 cm³/mol. The van der Waals surface area contributed by atoms with E-state index in [0.29, 0.717) is 5.41 Å². The van der Waals surface area contributed by atoms with Gasteiger partial charge in [0.15, 0.2) is 0 Å². The van der Waals surface area contributed by atoms with Crippen molar-refractivity contribution >= 4 is 11.3 Å². The molecule has 1 aromatic heterocycles. The summed E-state index contributed by atoms with van der Waals surface area (Å²) in [6, 6.07) is 0. The number of hydrogen-bond donors (Lipinski definition) is 0. The van der Waals surface area contributed by atoms with Crippen LogP contribution in [0.2, 0.25) is 0 Å². The van der Waals surface area contributed by atoms with Crippen LogP contribution < -0.4 is 0 Å². The third kappa shape index (κ3) is 2.84. The normalized spacial score (nSPS) is 33.4. The molecule has 0 saturated carbocycles. The van der Waals surface area contributed by atoms with Crippen LogP contribution >= 0.6 is 11.3 Å². The minimum absolute atomic E-state index is 0.385. The van der Waals surface area contributed by atoms with Crippen molar-refractivity contribution in [2.75, 3.05) is 45.9 Å². The van der Waals surface area contributed by atoms with E-state index in [4.69, 9.17) is 4.74 Å². The van der Waals surface area contributed by atoms with Gasteiger partial charge in [0.2, 0.25) is 0 Å². The maximum absolute atomic E-state index is 5.90. The zero-order valence-electron chi connectivity index (χ0n) is 13.6. The largest absolute Gasteiger partial charge is 0.380 e. The van der Waals surface area contributed by atoms with Gasteiger partial charge in [-0.3, -0.25) is 4.90 Å². The molecule has 0 radical (unpaired) electrons. The van der Waals surface area contributed by atoms with Gasteiger partial charge >= 0.3 is 0 Å². The second-order valence-electron chi connectivity index (χ2n) is 7.44. The first kappa shape index (κ1) is 15.1. The fraction of sp³-hybridized carbons (Fsp3) is 0.824. The lowest BCUT2D eigenvalue weighted by Crippen LogP contribution is -2.45. The summed E-state index contributed by atoms with van der Waals surface area (Å²) in [6.45, 7) is 11.4. The summed E-state index contributed by atoms with van der Waals surface area (Å²) in [5, 5.41) is 0. The minimum Gasteiger partial charge on any atom is -0.380 e. The Morgan fingerprint density at radius 3 is 2.95 bits per heavy atom. The number of rotatable bonds is 4. The molecule has 3 aliphatic heterocycles. The number of ether oxygens (including phenoxy) is 1. The van der Waals surface area contributed by atoms with Gasteiger partial charge in [-0.2, -0.15) is 0 Å². The summed E-state index contributed by atoms with van der Waals surface area (Å²) >= 11 is 1.80. The molecular weight excluding hydrogens is 294 g/mol. The van der Waals surface area contributed by atoms with Crippen LogP contribution in [0.4, 0.5) is 0 Å². The smallest absolute Gasteiger partial charge is 0.0798 e. The van der Waals surface area contributed by atoms with Crippen molar-refractivity contribution in [1.29, 1.82) is 0 Å². The van der Waals surface area contributed by atoms with Gasteiger partial charge in [0.05, 0.1) is 24.4 Å². The third-order valence-corrected chi connectivity index (χ3v) is 6.71. The number of piperidine rings is 1. The van der Waals surface area contributed by atoms with Crippen LogP contribution in [-0.4, -0.2) is 60.7 Å². The van der Waals surface area contributed by atoms with E-state index in [9.17, 15) is 0 Å². The standard InChI is InChI=1S/C17H27N3OS/c1-14-16(22-13-18-14)8-20-7-15-9-21-12-17(15,11-20)10-19-5-3-2-4-6-19/h13,15H,2-12H2,1H3/t15-,17+/m0/s1. The SMILES string of the molecule is Cc1ncsc1CN1C[C@H]2COC[C@@]2(CN2CCCCC2)C1. The van der Waals surface area contributed by atoms with Gasteiger partial charge in [-0.1, -0.05) is 6.42 Å². The maximum Gasteiger partial charge on any atom is 0.0798 e. The Morgan fingerprint density at radius 2 is 2.18 bits per heavy atom. The molecule has 3 saturated heterocycles. The molecule has 4 heterocycles. The molecule has 0 amide bonds. The molecule has 0 unspecified atom stereocenters. The van der Waals surface area contributed by atoms with E-state index < -0.39 is 0 Å². The molecular formula is C17H27N3OS. The fourth-order valence-electron chi connectivity index (χ4n) is 4.53. The Morgan fingerprint density at radius 1 is 1.32 bits per heavy atom. The molecule has 1 aromatic rings. The first-order valence-corrected chi connectivity index (χ1v) is 9.55. The predicted octanol–water partition coefficient (Wildman–Crippen LogP) is 2.39. The number of fused-ring (bicyclic) bond motifs is 1. The second-order valence-corrected chi connectivity index (χ2v) is 8.38. The summed E-state index contributed by atoms with van der Waals surface area (Å²) in [4.78, 5) is 11.2. The zero-order chi connectivity index (χ0) is 15.0. The number of nitrogens with zero attached hydrogens (tertiary/aromatic N) is 3. The molecule has 2 atom stereocenters. The fourth-order valence-corrected chi connectivity index (χ4v) is 5.35. The monoisotopic (exact) mass is 321 g/mol. The van der Waals surface area contributed by atoms with E-state index in [1.165, 1.54) is 62.6 Å². The first-order valence-electron chi connectivity index (χ1n) is 8.67. The van der Waals surface area contributed by atoms with E-state index in [1.54, 1.807) is 11.3 Å². The minimum atomic E-state index is 0.385. The van der Waals surface area contributed by atoms with Gasteiger partial charge in [-0.15, -0.1) is 11.3 Å². The highest BCUT2D eigenvalue weighted by Gasteiger charge is 2.51. The lowest BCUT2D eigenvalue weighted by Gasteiger charge is -2.36. The van der Waals surface area contributed by atoms with Gasteiger partial charge < -0.3 is 9.64 Å². The zero-order valence-corrected chi connectivity index (χ0v) is 14.4. The van der Waals surface area contributed by atoms with Gasteiger partial charge in [0, 0.05) is 42.4 Å². The van der Waals surface area contributed by atoms with Gasteiger partial charge in [-0.05, 0) is 32.9 Å². The quantitative estimate of drug-likeness (QED) is 0.851. The molecule has 3 aliphatic rings. The highest BCUT2D eigenvalue weighted by molar-refractivity contribution is 7.09. The molecule has 0 aromatic carbocycles. The summed E-state index contributed by atoms with van der Waals surface area (Å²) in [7, 11) is 0. The molecule has 0 N–H and O–H groups in total. The highest BCUT2D eigenvalue weighted by atomic mass is 32.1. The van der Waals surface area contributed by atoms with Crippen molar-refractivity contribution in [2.45, 2.75) is 32.7 Å². The maximum atomic E-state index is 5.90. The Bertz CT molecular complexity index is 514. The van der Waals surface area contributed by atoms with E-state index in [1.807, 2.05) is 5.51 Å². The van der Waals surface area contributed by atoms with Crippen molar-refractivity contribution in [3.05, 3.63) is 16.1 Å². The third-order valence-electron chi connectivity index (χ3n) is 5.79. The molecule has 0 aliphatic carbocycles. The van der Waals surface area contributed by atoms with E-state index in [2.05, 4.69) is 21.7 Å². The Hall–Kier alpha value is -0.490. The molecule has 4 rings (SSSR count). The molecule has 22 heavy (non-hydrogen) atoms. The van der Waals surface area contributed by atoms with Crippen molar-refractivity contribution in [1.82, 2.24) is 14.8 Å². The molecule has 0 bridgehead atoms. The van der Waals surface area contributed by atoms with Gasteiger partial charge in [-0.25, -0.2) is 4.98 Å². The van der Waals surface area contributed by atoms with Gasteiger partial charge in [0.1, 0.15) is 0 Å². The highest BCUT2D eigenvalue weighted by Crippen LogP contribution is 2.43. The lowest BCUT2D eigenvalue weighted by molar-refractivity contribution is 0.0866. The van der Waals surface area contributed by atoms with Crippen LogP contribution in [0.5, 0.6) is 0 Å². The van der Waals surface area contributed by atoms with Crippen molar-refractivity contribution in [3.8, 4) is 0 Å². The summed E-state index contributed by atoms with van der Waals surface area (Å²) in [6.07, 6.45) is 4.18. The molecule has 4 nitrogen and oxygen atoms in total. The lowest BCUT2D eigenvalue weighted by atomic mass is 9.80. The number of likely N-dealkylation sites (tertiary alicyclic amines) is 2. The Kier molecular flexibility index (Phi) is 4.24. The van der Waals surface area contributed by atoms with E-state index >= 15 is 0 Å². The van der Waals surface area contributed by atoms with E-state index in [0.717, 1.165) is 25.7 Å². The molecule has 3 fully saturated rings. The number of thiazole rings is 1. The van der Waals surface area contributed by atoms with E-state index in [-0.39, 0.29) is 0 Å². The first-order chi connectivity index (χ1) is 10.8. The average molecular weight is 321 g/mol. The average Bonchev–Trinajstić information content (AvgIpc) is 3.15. The summed E-state index contributed by atoms with van der Waals surface area (Å²) in [5.41, 5.74) is 3.58. The van der Waals surface area contributed by atoms with Crippen molar-refractivity contribution in [3.63, 3.8) is 0 Å². The Labute approximate surface area is 137 Å². The van der Waals surface area contributed by atoms with Gasteiger partial charge in [0.25, 0.3) is 0 Å². The van der Waals surface area contributed by atoms with Crippen molar-refractivity contribution in [2.24, 2.45) is 11.3 Å². The van der Waals surface area contributed by atoms with Crippen LogP contribution in [0.3, 0.4) is 0 Å². The Balaban J connectivity index is 1.43. The topological polar surface area (TPSA) is 28.6 Å². The number of hydrogen-bond acceptors (Lipinski definition) is 5.